The number of aliphatic hydroxyl groups is 1. The van der Waals surface area contributed by atoms with E-state index in [4.69, 9.17) is 38.3 Å². The number of benzene rings is 3. The van der Waals surface area contributed by atoms with Crippen molar-refractivity contribution in [2.75, 3.05) is 35.7 Å². The van der Waals surface area contributed by atoms with Crippen molar-refractivity contribution in [1.29, 1.82) is 0 Å². The number of hydrogen-bond donors (Lipinski definition) is 6. The normalized spacial score (nSPS) is 14.2. The molecule has 28 nitrogen and oxygen atoms in total. The number of aliphatic hydroxyl groups excluding tert-OH is 1. The summed E-state index contributed by atoms with van der Waals surface area (Å²) >= 11 is 0. The maximum atomic E-state index is 14.2. The Labute approximate surface area is 667 Å². The zero-order valence-corrected chi connectivity index (χ0v) is 66.7. The summed E-state index contributed by atoms with van der Waals surface area (Å²) < 4.78 is 83.4. The van der Waals surface area contributed by atoms with Gasteiger partial charge in [-0.1, -0.05) is 36.1 Å². The molecule has 0 spiro atoms. The van der Waals surface area contributed by atoms with Gasteiger partial charge in [0, 0.05) is 54.5 Å². The average molecular weight is 1590 g/mol. The molecule has 1 aliphatic heterocycles. The highest BCUT2D eigenvalue weighted by Crippen LogP contribution is 2.33. The summed E-state index contributed by atoms with van der Waals surface area (Å²) in [4.78, 5) is 84.2. The van der Waals surface area contributed by atoms with E-state index in [0.717, 1.165) is 6.42 Å². The maximum absolute atomic E-state index is 14.2. The Kier molecular flexibility index (Phi) is 37.8. The van der Waals surface area contributed by atoms with Crippen LogP contribution in [-0.4, -0.2) is 145 Å². The summed E-state index contributed by atoms with van der Waals surface area (Å²) in [5, 5.41) is 43.5. The highest BCUT2D eigenvalue weighted by atomic mass is 19.1. The first-order valence-corrected chi connectivity index (χ1v) is 36.8. The summed E-state index contributed by atoms with van der Waals surface area (Å²) in [6, 6.07) is 16.5. The predicted molar refractivity (Wildman–Crippen MR) is 432 cm³/mol. The zero-order valence-electron chi connectivity index (χ0n) is 66.7. The van der Waals surface area contributed by atoms with E-state index in [-0.39, 0.29) is 119 Å². The Morgan fingerprint density at radius 3 is 1.54 bits per heavy atom. The lowest BCUT2D eigenvalue weighted by atomic mass is 10.1. The maximum Gasteiger partial charge on any atom is 0.343 e. The van der Waals surface area contributed by atoms with Crippen molar-refractivity contribution in [1.82, 2.24) is 49.1 Å². The van der Waals surface area contributed by atoms with Crippen LogP contribution in [-0.2, 0) is 38.1 Å². The molecular weight excluding hydrogens is 1480 g/mol. The van der Waals surface area contributed by atoms with Gasteiger partial charge in [0.05, 0.1) is 68.7 Å². The van der Waals surface area contributed by atoms with Crippen molar-refractivity contribution in [3.63, 3.8) is 0 Å². The minimum Gasteiger partial charge on any atom is -0.508 e. The van der Waals surface area contributed by atoms with E-state index >= 15 is 0 Å². The van der Waals surface area contributed by atoms with E-state index in [1.54, 1.807) is 76.6 Å². The summed E-state index contributed by atoms with van der Waals surface area (Å²) in [6.45, 7) is 35.9. The molecule has 6 aromatic heterocycles. The van der Waals surface area contributed by atoms with Crippen molar-refractivity contribution in [3.05, 3.63) is 161 Å². The van der Waals surface area contributed by atoms with Crippen molar-refractivity contribution in [2.24, 2.45) is 5.92 Å². The van der Waals surface area contributed by atoms with Crippen molar-refractivity contribution < 1.29 is 85.3 Å². The molecular formula is C83H118F3N13O15. The molecule has 0 radical (unpaired) electrons. The van der Waals surface area contributed by atoms with Gasteiger partial charge in [0.15, 0.2) is 16.9 Å². The standard InChI is InChI=1S/C26H33FN4O5.C18H18FN5O2.C17H17FN4O3.C10H20O2.C9H18O3.3CH4/c1-7-34-25(33)20-15-28-31-13-12-22(30-24(20)31)29-17(3)19-14-18(27)9-10-21(19)35-16(2)8-11-23(32)36-26(4,5)6;1-10-8-20-18(25)14-9-21-24-6-5-16(23-17(14)24)22-11(2)13-7-12(19)3-4-15(13)26-10;1-3-25-17(24)13-9-19-22-7-6-15(21-16(13)22)20-10(2)12-8-11(18)4-5-14(12)23;1-8(2)6-7-9(11)12-10(3,4)5;1-7(10)5-6-8(11)12-9(2,3)4;;;/h9-10,12-17H,7-8,11H2,1-6H3,(H,29,30);3-7,9-11H,8H2,1-2H3,(H,20,25)(H,22,23);4-10,23H,3H2,1-2H3,(H,20,21);8H,6-7H2,1-5H3;7,10H,5-6H2,1-4H3;3*1H4/t16-,17+;10-,11+;10-;;7-;;;/m001.1.../s1. The lowest BCUT2D eigenvalue weighted by Crippen LogP contribution is -2.33. The number of esters is 5. The second-order valence-corrected chi connectivity index (χ2v) is 29.7. The van der Waals surface area contributed by atoms with Gasteiger partial charge in [-0.05, 0) is 216 Å². The van der Waals surface area contributed by atoms with Crippen LogP contribution in [0, 0.1) is 23.4 Å². The van der Waals surface area contributed by atoms with Crippen LogP contribution in [0.3, 0.4) is 0 Å². The lowest BCUT2D eigenvalue weighted by molar-refractivity contribution is -0.156. The molecule has 626 valence electrons. The number of amides is 1. The second-order valence-electron chi connectivity index (χ2n) is 29.7. The summed E-state index contributed by atoms with van der Waals surface area (Å²) in [7, 11) is 0. The van der Waals surface area contributed by atoms with Gasteiger partial charge in [0.2, 0.25) is 0 Å². The lowest BCUT2D eigenvalue weighted by Gasteiger charge is -2.23. The summed E-state index contributed by atoms with van der Waals surface area (Å²) in [5.41, 5.74) is 2.40. The van der Waals surface area contributed by atoms with Crippen LogP contribution in [0.2, 0.25) is 0 Å². The first kappa shape index (κ1) is 97.1. The molecule has 0 saturated heterocycles. The molecule has 114 heavy (non-hydrogen) atoms. The Bertz CT molecular complexity index is 4570. The van der Waals surface area contributed by atoms with E-state index < -0.39 is 53.0 Å². The molecule has 9 aromatic rings. The predicted octanol–water partition coefficient (Wildman–Crippen LogP) is 16.7. The van der Waals surface area contributed by atoms with Gasteiger partial charge in [0.25, 0.3) is 5.91 Å². The molecule has 1 amide bonds. The molecule has 6 atom stereocenters. The molecule has 0 fully saturated rings. The number of rotatable bonds is 21. The quantitative estimate of drug-likeness (QED) is 0.0287. The fourth-order valence-electron chi connectivity index (χ4n) is 10.5. The minimum absolute atomic E-state index is 0. The van der Waals surface area contributed by atoms with E-state index in [9.17, 15) is 47.0 Å². The molecule has 10 rings (SSSR count). The number of fused-ring (bicyclic) bond motifs is 4. The third kappa shape index (κ3) is 31.5. The fraction of sp³-hybridized carbons (Fsp3) is 0.494. The van der Waals surface area contributed by atoms with Gasteiger partial charge in [-0.3, -0.25) is 19.2 Å². The fourth-order valence-corrected chi connectivity index (χ4v) is 10.5. The first-order valence-electron chi connectivity index (χ1n) is 36.8. The number of aromatic nitrogens is 9. The van der Waals surface area contributed by atoms with E-state index in [0.29, 0.717) is 99.9 Å². The molecule has 7 heterocycles. The first-order chi connectivity index (χ1) is 52.1. The third-order valence-electron chi connectivity index (χ3n) is 15.7. The van der Waals surface area contributed by atoms with Crippen LogP contribution < -0.4 is 30.7 Å². The van der Waals surface area contributed by atoms with E-state index in [1.807, 2.05) is 90.0 Å². The average Bonchev–Trinajstić information content (AvgIpc) is 1.65. The Morgan fingerprint density at radius 1 is 0.588 bits per heavy atom. The number of carbonyl (C=O) groups is 6. The summed E-state index contributed by atoms with van der Waals surface area (Å²) in [6.07, 6.45) is 11.2. The monoisotopic (exact) mass is 1590 g/mol. The van der Waals surface area contributed by atoms with Gasteiger partial charge in [0.1, 0.15) is 91.8 Å². The van der Waals surface area contributed by atoms with Gasteiger partial charge in [-0.25, -0.2) is 51.3 Å². The molecule has 2 bridgehead atoms. The highest BCUT2D eigenvalue weighted by Gasteiger charge is 2.26. The number of ether oxygens (including phenoxy) is 7. The van der Waals surface area contributed by atoms with E-state index in [2.05, 4.69) is 65.4 Å². The van der Waals surface area contributed by atoms with E-state index in [1.165, 1.54) is 74.6 Å². The summed E-state index contributed by atoms with van der Waals surface area (Å²) in [5.74, 6) is -0.00879. The van der Waals surface area contributed by atoms with Crippen molar-refractivity contribution in [3.8, 4) is 17.2 Å². The molecule has 0 saturated carbocycles. The number of halogens is 3. The van der Waals surface area contributed by atoms with Crippen LogP contribution in [0.5, 0.6) is 17.2 Å². The van der Waals surface area contributed by atoms with Crippen LogP contribution >= 0.6 is 0 Å². The molecule has 6 N–H and O–H groups in total. The van der Waals surface area contributed by atoms with Crippen molar-refractivity contribution >= 4 is 70.1 Å². The van der Waals surface area contributed by atoms with Gasteiger partial charge < -0.3 is 64.6 Å². The van der Waals surface area contributed by atoms with Gasteiger partial charge >= 0.3 is 29.8 Å². The molecule has 1 aliphatic rings. The number of aromatic hydroxyl groups is 1. The number of nitrogens with zero attached hydrogens (tertiary/aromatic N) is 9. The van der Waals surface area contributed by atoms with Crippen molar-refractivity contribution in [2.45, 2.75) is 246 Å². The number of anilines is 3. The number of hydrogen-bond acceptors (Lipinski definition) is 24. The topological polar surface area (TPSA) is 346 Å². The molecule has 3 aromatic carbocycles. The molecule has 31 heteroatoms. The molecule has 0 unspecified atom stereocenters. The Morgan fingerprint density at radius 2 is 1.04 bits per heavy atom. The van der Waals surface area contributed by atoms with Crippen LogP contribution in [0.25, 0.3) is 16.9 Å². The Balaban J connectivity index is 0.000000387. The number of phenols is 1. The van der Waals surface area contributed by atoms with Crippen LogP contribution in [0.1, 0.15) is 258 Å². The SMILES string of the molecule is C.C.C.CC(C)CCC(=O)OC(C)(C)C.CCOC(=O)c1cnn2ccc(N[C@H](C)c3cc(F)ccc3O)nc12.CCOC(=O)c1cnn2ccc(N[C@H](C)c3cc(F)ccc3O[C@@H](C)CCC(=O)OC(C)(C)C)nc12.C[C@@H](O)CCC(=O)OC(C)(C)C.C[C@H]1CNC(=O)c2cnn3ccc(nc23)N[C@H](C)c2cc(F)ccc2O1. The largest absolute Gasteiger partial charge is 0.508 e. The van der Waals surface area contributed by atoms with Gasteiger partial charge in [-0.15, -0.1) is 0 Å². The number of phenolic OH excluding ortho intramolecular Hbond substituents is 1. The zero-order chi connectivity index (χ0) is 82.2. The highest BCUT2D eigenvalue weighted by molar-refractivity contribution is 6.00. The smallest absolute Gasteiger partial charge is 0.343 e. The minimum atomic E-state index is -0.544. The number of nitrogens with one attached hydrogen (secondary N) is 4. The second kappa shape index (κ2) is 44.4. The van der Waals surface area contributed by atoms with Crippen LogP contribution in [0.4, 0.5) is 30.6 Å². The molecule has 0 aliphatic carbocycles. The number of carbonyl (C=O) groups excluding carboxylic acids is 6. The third-order valence-corrected chi connectivity index (χ3v) is 15.7. The van der Waals surface area contributed by atoms with Crippen LogP contribution in [0.15, 0.2) is 110 Å². The van der Waals surface area contributed by atoms with Gasteiger partial charge in [-0.2, -0.15) is 15.3 Å². The Hall–Kier alpha value is -11.1.